The lowest BCUT2D eigenvalue weighted by Gasteiger charge is -2.36. The third-order valence-corrected chi connectivity index (χ3v) is 6.86. The van der Waals surface area contributed by atoms with Crippen LogP contribution in [0.3, 0.4) is 0 Å². The monoisotopic (exact) mass is 492 g/mol. The van der Waals surface area contributed by atoms with Gasteiger partial charge in [0.2, 0.25) is 5.91 Å². The Balaban J connectivity index is 1.47. The predicted molar refractivity (Wildman–Crippen MR) is 138 cm³/mol. The van der Waals surface area contributed by atoms with Gasteiger partial charge in [-0.15, -0.1) is 16.8 Å². The molecule has 0 radical (unpaired) electrons. The molecule has 1 aliphatic rings. The van der Waals surface area contributed by atoms with Gasteiger partial charge in [0.1, 0.15) is 12.4 Å². The van der Waals surface area contributed by atoms with Gasteiger partial charge in [0.15, 0.2) is 11.0 Å². The molecule has 4 rings (SSSR count). The van der Waals surface area contributed by atoms with Crippen LogP contribution in [0.2, 0.25) is 0 Å². The highest BCUT2D eigenvalue weighted by Crippen LogP contribution is 2.31. The number of ether oxygens (including phenoxy) is 2. The molecule has 3 atom stereocenters. The number of carbonyl (C=O) groups is 1. The number of thioether (sulfide) groups is 1. The minimum atomic E-state index is -0.298. The van der Waals surface area contributed by atoms with Crippen LogP contribution in [0, 0.1) is 0 Å². The molecule has 0 N–H and O–H groups in total. The number of hydrogen-bond donors (Lipinski definition) is 0. The van der Waals surface area contributed by atoms with Gasteiger partial charge in [-0.25, -0.2) is 0 Å². The van der Waals surface area contributed by atoms with Crippen molar-refractivity contribution >= 4 is 17.7 Å². The average molecular weight is 493 g/mol. The summed E-state index contributed by atoms with van der Waals surface area (Å²) in [4.78, 5) is 15.0. The zero-order valence-corrected chi connectivity index (χ0v) is 21.3. The fraction of sp³-hybridized carbons (Fsp3) is 0.370. The van der Waals surface area contributed by atoms with E-state index in [0.717, 1.165) is 16.9 Å². The fourth-order valence-corrected chi connectivity index (χ4v) is 5.20. The number of benzene rings is 2. The molecule has 2 aromatic carbocycles. The number of amides is 1. The molecule has 1 fully saturated rings. The minimum absolute atomic E-state index is 0.0341. The lowest BCUT2D eigenvalue weighted by Crippen LogP contribution is -2.50. The molecule has 0 unspecified atom stereocenters. The van der Waals surface area contributed by atoms with Gasteiger partial charge >= 0.3 is 0 Å². The Bertz CT molecular complexity index is 1140. The molecule has 0 aliphatic carbocycles. The Kier molecular flexibility index (Phi) is 8.25. The standard InChI is InChI=1S/C27H32N4O3S/c1-5-15-31-25(18-33-24-14-10-9-13-23(24)22-11-7-6-8-12-22)28-29-27(31)35-21(4)26(32)30-16-19(2)34-20(3)17-30/h5-14,19-21H,1,15-18H2,2-4H3/t19-,20+,21-/m1/s1. The van der Waals surface area contributed by atoms with Crippen molar-refractivity contribution < 1.29 is 14.3 Å². The maximum absolute atomic E-state index is 13.1. The van der Waals surface area contributed by atoms with Gasteiger partial charge in [-0.05, 0) is 32.4 Å². The smallest absolute Gasteiger partial charge is 0.236 e. The Morgan fingerprint density at radius 2 is 1.83 bits per heavy atom. The van der Waals surface area contributed by atoms with Gasteiger partial charge in [-0.3, -0.25) is 9.36 Å². The number of morpholine rings is 1. The molecule has 1 saturated heterocycles. The average Bonchev–Trinajstić information content (AvgIpc) is 3.23. The highest BCUT2D eigenvalue weighted by Gasteiger charge is 2.30. The summed E-state index contributed by atoms with van der Waals surface area (Å²) in [5.74, 6) is 1.54. The first kappa shape index (κ1) is 25.0. The third-order valence-electron chi connectivity index (χ3n) is 5.79. The molecule has 184 valence electrons. The van der Waals surface area contributed by atoms with Crippen molar-refractivity contribution in [2.75, 3.05) is 13.1 Å². The molecule has 1 amide bonds. The molecule has 8 heteroatoms. The summed E-state index contributed by atoms with van der Waals surface area (Å²) < 4.78 is 13.9. The molecular weight excluding hydrogens is 460 g/mol. The lowest BCUT2D eigenvalue weighted by atomic mass is 10.1. The topological polar surface area (TPSA) is 69.5 Å². The normalized spacial score (nSPS) is 18.8. The number of nitrogens with zero attached hydrogens (tertiary/aromatic N) is 4. The van der Waals surface area contributed by atoms with Crippen molar-refractivity contribution in [1.82, 2.24) is 19.7 Å². The van der Waals surface area contributed by atoms with Crippen molar-refractivity contribution in [3.63, 3.8) is 0 Å². The summed E-state index contributed by atoms with van der Waals surface area (Å²) in [5, 5.41) is 9.13. The predicted octanol–water partition coefficient (Wildman–Crippen LogP) is 4.83. The van der Waals surface area contributed by atoms with E-state index >= 15 is 0 Å². The van der Waals surface area contributed by atoms with Gasteiger partial charge in [0.25, 0.3) is 0 Å². The third kappa shape index (κ3) is 6.13. The summed E-state index contributed by atoms with van der Waals surface area (Å²) in [6.45, 7) is 11.8. The van der Waals surface area contributed by atoms with E-state index in [1.165, 1.54) is 11.8 Å². The molecule has 0 bridgehead atoms. The van der Waals surface area contributed by atoms with Crippen LogP contribution >= 0.6 is 11.8 Å². The van der Waals surface area contributed by atoms with Crippen molar-refractivity contribution in [1.29, 1.82) is 0 Å². The van der Waals surface area contributed by atoms with Crippen molar-refractivity contribution in [3.8, 4) is 16.9 Å². The van der Waals surface area contributed by atoms with Crippen molar-refractivity contribution in [2.24, 2.45) is 0 Å². The number of hydrogen-bond acceptors (Lipinski definition) is 6. The Labute approximate surface area is 211 Å². The second-order valence-corrected chi connectivity index (χ2v) is 10.0. The summed E-state index contributed by atoms with van der Waals surface area (Å²) in [7, 11) is 0. The van der Waals surface area contributed by atoms with E-state index in [4.69, 9.17) is 9.47 Å². The van der Waals surface area contributed by atoms with E-state index in [-0.39, 0.29) is 30.0 Å². The number of para-hydroxylation sites is 1. The Morgan fingerprint density at radius 3 is 2.54 bits per heavy atom. The van der Waals surface area contributed by atoms with Crippen LogP contribution in [-0.2, 0) is 22.7 Å². The molecule has 7 nitrogen and oxygen atoms in total. The Hall–Kier alpha value is -3.10. The number of rotatable bonds is 9. The zero-order chi connectivity index (χ0) is 24.8. The second-order valence-electron chi connectivity index (χ2n) is 8.71. The number of carbonyl (C=O) groups excluding carboxylic acids is 1. The van der Waals surface area contributed by atoms with E-state index in [0.29, 0.717) is 30.6 Å². The first-order chi connectivity index (χ1) is 17.0. The highest BCUT2D eigenvalue weighted by atomic mass is 32.2. The van der Waals surface area contributed by atoms with Crippen LogP contribution in [0.5, 0.6) is 5.75 Å². The maximum atomic E-state index is 13.1. The van der Waals surface area contributed by atoms with Crippen LogP contribution in [0.4, 0.5) is 0 Å². The molecule has 0 spiro atoms. The first-order valence-electron chi connectivity index (χ1n) is 11.9. The summed E-state index contributed by atoms with van der Waals surface area (Å²) >= 11 is 1.41. The first-order valence-corrected chi connectivity index (χ1v) is 12.7. The van der Waals surface area contributed by atoms with Crippen molar-refractivity contribution in [2.45, 2.75) is 56.5 Å². The van der Waals surface area contributed by atoms with E-state index in [1.807, 2.05) is 72.7 Å². The van der Waals surface area contributed by atoms with Gasteiger partial charge in [0.05, 0.1) is 17.5 Å². The van der Waals surface area contributed by atoms with Crippen LogP contribution < -0.4 is 4.74 Å². The number of allylic oxidation sites excluding steroid dienone is 1. The molecule has 3 aromatic rings. The van der Waals surface area contributed by atoms with E-state index in [9.17, 15) is 4.79 Å². The Morgan fingerprint density at radius 1 is 1.14 bits per heavy atom. The summed E-state index contributed by atoms with van der Waals surface area (Å²) in [6, 6.07) is 18.1. The lowest BCUT2D eigenvalue weighted by molar-refractivity contribution is -0.142. The minimum Gasteiger partial charge on any atom is -0.485 e. The van der Waals surface area contributed by atoms with Gasteiger partial charge in [-0.2, -0.15) is 0 Å². The van der Waals surface area contributed by atoms with E-state index < -0.39 is 0 Å². The molecule has 1 aliphatic heterocycles. The molecular formula is C27H32N4O3S. The fourth-order valence-electron chi connectivity index (χ4n) is 4.24. The van der Waals surface area contributed by atoms with Crippen LogP contribution in [-0.4, -0.2) is 56.1 Å². The largest absolute Gasteiger partial charge is 0.485 e. The van der Waals surface area contributed by atoms with E-state index in [2.05, 4.69) is 28.9 Å². The molecule has 35 heavy (non-hydrogen) atoms. The van der Waals surface area contributed by atoms with Gasteiger partial charge in [0, 0.05) is 25.2 Å². The summed E-state index contributed by atoms with van der Waals surface area (Å²) in [5.41, 5.74) is 2.11. The molecule has 2 heterocycles. The quantitative estimate of drug-likeness (QED) is 0.315. The summed E-state index contributed by atoms with van der Waals surface area (Å²) in [6.07, 6.45) is 1.87. The molecule has 0 saturated carbocycles. The van der Waals surface area contributed by atoms with Gasteiger partial charge in [-0.1, -0.05) is 66.4 Å². The van der Waals surface area contributed by atoms with Crippen LogP contribution in [0.25, 0.3) is 11.1 Å². The van der Waals surface area contributed by atoms with E-state index in [1.54, 1.807) is 6.08 Å². The second kappa shape index (κ2) is 11.6. The van der Waals surface area contributed by atoms with Crippen LogP contribution in [0.1, 0.15) is 26.6 Å². The highest BCUT2D eigenvalue weighted by molar-refractivity contribution is 8.00. The zero-order valence-electron chi connectivity index (χ0n) is 20.5. The van der Waals surface area contributed by atoms with Crippen molar-refractivity contribution in [3.05, 3.63) is 73.1 Å². The molecule has 1 aromatic heterocycles. The SMILES string of the molecule is C=CCn1c(COc2ccccc2-c2ccccc2)nnc1S[C@H](C)C(=O)N1C[C@@H](C)O[C@@H](C)C1. The number of aromatic nitrogens is 3. The van der Waals surface area contributed by atoms with Crippen LogP contribution in [0.15, 0.2) is 72.4 Å². The maximum Gasteiger partial charge on any atom is 0.236 e. The van der Waals surface area contributed by atoms with Gasteiger partial charge < -0.3 is 14.4 Å².